The number of carbonyl (C=O) groups is 2. The number of hydrogen-bond donors (Lipinski definition) is 0. The van der Waals surface area contributed by atoms with Crippen LogP contribution in [0.5, 0.6) is 0 Å². The lowest BCUT2D eigenvalue weighted by molar-refractivity contribution is -0.211. The smallest absolute Gasteiger partial charge is 0.341 e. The predicted octanol–water partition coefficient (Wildman–Crippen LogP) is 3.78. The van der Waals surface area contributed by atoms with E-state index in [4.69, 9.17) is 14.2 Å². The maximum atomic E-state index is 13.3. The van der Waals surface area contributed by atoms with Crippen LogP contribution in [0.1, 0.15) is 25.3 Å². The molecule has 6 heteroatoms. The lowest BCUT2D eigenvalue weighted by Crippen LogP contribution is -2.59. The first-order valence-corrected chi connectivity index (χ1v) is 10.1. The fourth-order valence-corrected chi connectivity index (χ4v) is 5.85. The van der Waals surface area contributed by atoms with Gasteiger partial charge >= 0.3 is 11.9 Å². The van der Waals surface area contributed by atoms with Crippen LogP contribution in [-0.4, -0.2) is 36.2 Å². The topological polar surface area (TPSA) is 61.8 Å². The second-order valence-corrected chi connectivity index (χ2v) is 8.50. The average Bonchev–Trinajstić information content (AvgIpc) is 3.07. The third kappa shape index (κ3) is 2.51. The summed E-state index contributed by atoms with van der Waals surface area (Å²) in [6.07, 6.45) is 0. The number of rotatable bonds is 5. The number of esters is 2. The van der Waals surface area contributed by atoms with Crippen LogP contribution in [0.3, 0.4) is 0 Å². The van der Waals surface area contributed by atoms with Gasteiger partial charge in [0.05, 0.1) is 7.11 Å². The number of thioether (sulfide) groups is 1. The Morgan fingerprint density at radius 1 is 1.07 bits per heavy atom. The molecule has 2 fully saturated rings. The van der Waals surface area contributed by atoms with Gasteiger partial charge in [-0.25, -0.2) is 4.79 Å². The summed E-state index contributed by atoms with van der Waals surface area (Å²) in [5, 5.41) is 0. The fourth-order valence-electron chi connectivity index (χ4n) is 4.56. The minimum atomic E-state index is -1.41. The molecule has 4 rings (SSSR count). The summed E-state index contributed by atoms with van der Waals surface area (Å²) in [4.78, 5) is 27.0. The molecule has 0 N–H and O–H groups in total. The second kappa shape index (κ2) is 6.64. The van der Waals surface area contributed by atoms with Crippen LogP contribution in [0.4, 0.5) is 0 Å². The minimum absolute atomic E-state index is 0.350. The molecule has 2 aromatic rings. The first-order chi connectivity index (χ1) is 13.4. The standard InChI is InChI=1S/C22H22O5S/c1-20-17(15-10-6-4-7-11-15)22(19(24)25-3,21(2,27-20)26-18(20)23)14-28-16-12-8-5-9-13-16/h4-13,17H,14H2,1-3H3/t17-,20+,21-,22-/m0/s1. The Morgan fingerprint density at radius 3 is 2.29 bits per heavy atom. The van der Waals surface area contributed by atoms with Gasteiger partial charge < -0.3 is 14.2 Å². The van der Waals surface area contributed by atoms with E-state index < -0.39 is 34.7 Å². The van der Waals surface area contributed by atoms with E-state index in [0.29, 0.717) is 5.75 Å². The van der Waals surface area contributed by atoms with E-state index >= 15 is 0 Å². The van der Waals surface area contributed by atoms with Gasteiger partial charge in [0, 0.05) is 23.5 Å². The first kappa shape index (κ1) is 19.0. The molecule has 2 aromatic carbocycles. The van der Waals surface area contributed by atoms with Gasteiger partial charge in [-0.3, -0.25) is 4.79 Å². The molecule has 0 spiro atoms. The zero-order valence-electron chi connectivity index (χ0n) is 16.0. The van der Waals surface area contributed by atoms with Crippen molar-refractivity contribution < 1.29 is 23.8 Å². The normalized spacial score (nSPS) is 33.5. The Balaban J connectivity index is 1.86. The summed E-state index contributed by atoms with van der Waals surface area (Å²) in [6, 6.07) is 19.3. The quantitative estimate of drug-likeness (QED) is 0.564. The molecule has 0 amide bonds. The second-order valence-electron chi connectivity index (χ2n) is 7.45. The van der Waals surface area contributed by atoms with Crippen molar-refractivity contribution in [3.8, 4) is 0 Å². The summed E-state index contributed by atoms with van der Waals surface area (Å²) in [5.74, 6) is -2.48. The van der Waals surface area contributed by atoms with Crippen molar-refractivity contribution in [3.63, 3.8) is 0 Å². The molecule has 0 radical (unpaired) electrons. The summed E-state index contributed by atoms with van der Waals surface area (Å²) in [6.45, 7) is 3.37. The first-order valence-electron chi connectivity index (χ1n) is 9.12. The largest absolute Gasteiger partial charge is 0.468 e. The van der Waals surface area contributed by atoms with Gasteiger partial charge in [0.1, 0.15) is 0 Å². The third-order valence-corrected chi connectivity index (χ3v) is 7.05. The number of methoxy groups -OCH3 is 1. The molecule has 28 heavy (non-hydrogen) atoms. The zero-order chi connectivity index (χ0) is 20.0. The van der Waals surface area contributed by atoms with Crippen molar-refractivity contribution in [3.05, 3.63) is 66.2 Å². The summed E-state index contributed by atoms with van der Waals surface area (Å²) in [5.41, 5.74) is -1.60. The van der Waals surface area contributed by atoms with Gasteiger partial charge in [-0.1, -0.05) is 48.5 Å². The molecule has 0 saturated carbocycles. The molecule has 4 atom stereocenters. The number of hydrogen-bond acceptors (Lipinski definition) is 6. The Hall–Kier alpha value is -2.31. The van der Waals surface area contributed by atoms with Crippen LogP contribution in [0.2, 0.25) is 0 Å². The summed E-state index contributed by atoms with van der Waals surface area (Å²) in [7, 11) is 1.36. The van der Waals surface area contributed by atoms with E-state index in [1.165, 1.54) is 18.9 Å². The Labute approximate surface area is 168 Å². The van der Waals surface area contributed by atoms with E-state index in [1.54, 1.807) is 13.8 Å². The van der Waals surface area contributed by atoms with Gasteiger partial charge in [-0.2, -0.15) is 0 Å². The van der Waals surface area contributed by atoms with E-state index in [9.17, 15) is 9.59 Å². The number of benzene rings is 2. The van der Waals surface area contributed by atoms with Gasteiger partial charge in [0.2, 0.25) is 5.79 Å². The Morgan fingerprint density at radius 2 is 1.68 bits per heavy atom. The highest BCUT2D eigenvalue weighted by atomic mass is 32.2. The van der Waals surface area contributed by atoms with Crippen LogP contribution in [0, 0.1) is 5.41 Å². The summed E-state index contributed by atoms with van der Waals surface area (Å²) < 4.78 is 17.1. The van der Waals surface area contributed by atoms with Crippen LogP contribution >= 0.6 is 11.8 Å². The van der Waals surface area contributed by atoms with E-state index in [2.05, 4.69) is 0 Å². The molecule has 146 valence electrons. The van der Waals surface area contributed by atoms with Crippen molar-refractivity contribution in [1.29, 1.82) is 0 Å². The summed E-state index contributed by atoms with van der Waals surface area (Å²) >= 11 is 1.52. The maximum Gasteiger partial charge on any atom is 0.341 e. The molecular formula is C22H22O5S. The molecule has 2 saturated heterocycles. The molecule has 2 aliphatic heterocycles. The van der Waals surface area contributed by atoms with Crippen LogP contribution in [0.15, 0.2) is 65.6 Å². The van der Waals surface area contributed by atoms with Gasteiger partial charge in [0.25, 0.3) is 0 Å². The molecule has 2 aliphatic rings. The number of fused-ring (bicyclic) bond motifs is 2. The van der Waals surface area contributed by atoms with Gasteiger partial charge in [-0.05, 0) is 24.6 Å². The van der Waals surface area contributed by atoms with Crippen LogP contribution in [0.25, 0.3) is 0 Å². The van der Waals surface area contributed by atoms with Crippen molar-refractivity contribution in [2.75, 3.05) is 12.9 Å². The highest BCUT2D eigenvalue weighted by molar-refractivity contribution is 7.99. The van der Waals surface area contributed by atoms with E-state index in [0.717, 1.165) is 10.5 Å². The van der Waals surface area contributed by atoms with E-state index in [1.807, 2.05) is 60.7 Å². The minimum Gasteiger partial charge on any atom is -0.468 e. The highest BCUT2D eigenvalue weighted by Gasteiger charge is 2.81. The number of carbonyl (C=O) groups excluding carboxylic acids is 2. The monoisotopic (exact) mass is 398 g/mol. The van der Waals surface area contributed by atoms with Gasteiger partial charge in [-0.15, -0.1) is 11.8 Å². The molecule has 2 bridgehead atoms. The third-order valence-electron chi connectivity index (χ3n) is 5.85. The molecule has 5 nitrogen and oxygen atoms in total. The molecular weight excluding hydrogens is 376 g/mol. The zero-order valence-corrected chi connectivity index (χ0v) is 16.8. The van der Waals surface area contributed by atoms with Crippen molar-refractivity contribution in [2.45, 2.75) is 36.0 Å². The Kier molecular flexibility index (Phi) is 4.51. The molecule has 0 unspecified atom stereocenters. The number of ether oxygens (including phenoxy) is 3. The predicted molar refractivity (Wildman–Crippen MR) is 105 cm³/mol. The molecule has 0 aromatic heterocycles. The van der Waals surface area contributed by atoms with Crippen LogP contribution < -0.4 is 0 Å². The van der Waals surface area contributed by atoms with Crippen LogP contribution in [-0.2, 0) is 23.8 Å². The van der Waals surface area contributed by atoms with Crippen molar-refractivity contribution >= 4 is 23.7 Å². The van der Waals surface area contributed by atoms with Crippen molar-refractivity contribution in [1.82, 2.24) is 0 Å². The SMILES string of the molecule is COC(=O)[C@]1(CSc2ccccc2)[C@@H](c2ccccc2)[C@@]2(C)O[C@]1(C)OC2=O. The lowest BCUT2D eigenvalue weighted by Gasteiger charge is -2.44. The highest BCUT2D eigenvalue weighted by Crippen LogP contribution is 2.66. The van der Waals surface area contributed by atoms with E-state index in [-0.39, 0.29) is 0 Å². The fraction of sp³-hybridized carbons (Fsp3) is 0.364. The maximum absolute atomic E-state index is 13.3. The van der Waals surface area contributed by atoms with Crippen molar-refractivity contribution in [2.24, 2.45) is 5.41 Å². The van der Waals surface area contributed by atoms with Gasteiger partial charge in [0.15, 0.2) is 11.0 Å². The Bertz CT molecular complexity index is 902. The average molecular weight is 398 g/mol. The molecule has 0 aliphatic carbocycles. The molecule has 2 heterocycles. The lowest BCUT2D eigenvalue weighted by atomic mass is 9.63.